The van der Waals surface area contributed by atoms with Gasteiger partial charge in [0.2, 0.25) is 0 Å². The fourth-order valence-electron chi connectivity index (χ4n) is 2.36. The first-order valence-corrected chi connectivity index (χ1v) is 6.62. The van der Waals surface area contributed by atoms with Gasteiger partial charge >= 0.3 is 0 Å². The fraction of sp³-hybridized carbons (Fsp3) is 0.538. The zero-order valence-corrected chi connectivity index (χ0v) is 11.4. The third-order valence-electron chi connectivity index (χ3n) is 3.34. The summed E-state index contributed by atoms with van der Waals surface area (Å²) >= 11 is 5.88. The molecule has 1 aliphatic rings. The van der Waals surface area contributed by atoms with Crippen molar-refractivity contribution in [2.45, 2.75) is 32.2 Å². The molecule has 2 unspecified atom stereocenters. The van der Waals surface area contributed by atoms with Crippen LogP contribution in [0.2, 0.25) is 5.15 Å². The van der Waals surface area contributed by atoms with Crippen LogP contribution in [-0.4, -0.2) is 24.0 Å². The number of aromatic nitrogens is 1. The highest BCUT2D eigenvalue weighted by Crippen LogP contribution is 2.25. The summed E-state index contributed by atoms with van der Waals surface area (Å²) in [6.45, 7) is 2.22. The third kappa shape index (κ3) is 3.13. The Morgan fingerprint density at radius 1 is 1.44 bits per heavy atom. The second-order valence-corrected chi connectivity index (χ2v) is 5.29. The van der Waals surface area contributed by atoms with Crippen LogP contribution < -0.4 is 10.6 Å². The van der Waals surface area contributed by atoms with Crippen molar-refractivity contribution < 1.29 is 4.79 Å². The van der Waals surface area contributed by atoms with Gasteiger partial charge in [-0.2, -0.15) is 0 Å². The van der Waals surface area contributed by atoms with E-state index in [0.717, 1.165) is 12.8 Å². The Morgan fingerprint density at radius 3 is 2.83 bits per heavy atom. The maximum Gasteiger partial charge on any atom is 0.251 e. The Bertz CT molecular complexity index is 450. The van der Waals surface area contributed by atoms with Gasteiger partial charge in [0.05, 0.1) is 0 Å². The SMILES string of the molecule is CNc1cc(C(=O)NC2CCC(C)C2)cc(Cl)n1. The van der Waals surface area contributed by atoms with E-state index in [1.165, 1.54) is 6.42 Å². The minimum Gasteiger partial charge on any atom is -0.373 e. The molecule has 0 saturated heterocycles. The van der Waals surface area contributed by atoms with E-state index in [9.17, 15) is 4.79 Å². The molecule has 0 aromatic carbocycles. The van der Waals surface area contributed by atoms with E-state index < -0.39 is 0 Å². The molecule has 4 nitrogen and oxygen atoms in total. The van der Waals surface area contributed by atoms with Crippen molar-refractivity contribution in [3.63, 3.8) is 0 Å². The quantitative estimate of drug-likeness (QED) is 0.828. The van der Waals surface area contributed by atoms with Crippen molar-refractivity contribution in [1.82, 2.24) is 10.3 Å². The summed E-state index contributed by atoms with van der Waals surface area (Å²) in [5.41, 5.74) is 0.555. The van der Waals surface area contributed by atoms with Gasteiger partial charge in [0, 0.05) is 18.7 Å². The standard InChI is InChI=1S/C13H18ClN3O/c1-8-3-4-10(5-8)16-13(18)9-6-11(14)17-12(7-9)15-2/h6-8,10H,3-5H2,1-2H3,(H,15,17)(H,16,18). The lowest BCUT2D eigenvalue weighted by Crippen LogP contribution is -2.32. The fourth-order valence-corrected chi connectivity index (χ4v) is 2.57. The zero-order valence-electron chi connectivity index (χ0n) is 10.7. The van der Waals surface area contributed by atoms with E-state index in [-0.39, 0.29) is 11.9 Å². The number of pyridine rings is 1. The lowest BCUT2D eigenvalue weighted by molar-refractivity contribution is 0.0937. The molecule has 1 heterocycles. The summed E-state index contributed by atoms with van der Waals surface area (Å²) < 4.78 is 0. The minimum atomic E-state index is -0.0742. The highest BCUT2D eigenvalue weighted by molar-refractivity contribution is 6.29. The highest BCUT2D eigenvalue weighted by Gasteiger charge is 2.23. The third-order valence-corrected chi connectivity index (χ3v) is 3.54. The maximum atomic E-state index is 12.1. The van der Waals surface area contributed by atoms with Gasteiger partial charge in [0.1, 0.15) is 11.0 Å². The molecular weight excluding hydrogens is 250 g/mol. The van der Waals surface area contributed by atoms with E-state index in [1.807, 2.05) is 0 Å². The topological polar surface area (TPSA) is 54.0 Å². The Morgan fingerprint density at radius 2 is 2.22 bits per heavy atom. The van der Waals surface area contributed by atoms with Gasteiger partial charge in [-0.05, 0) is 37.3 Å². The molecule has 1 aliphatic carbocycles. The molecule has 0 aliphatic heterocycles. The van der Waals surface area contributed by atoms with Crippen LogP contribution >= 0.6 is 11.6 Å². The second-order valence-electron chi connectivity index (χ2n) is 4.90. The Balaban J connectivity index is 2.06. The van der Waals surface area contributed by atoms with Crippen molar-refractivity contribution in [3.05, 3.63) is 22.8 Å². The van der Waals surface area contributed by atoms with Crippen molar-refractivity contribution in [3.8, 4) is 0 Å². The van der Waals surface area contributed by atoms with Gasteiger partial charge in [-0.1, -0.05) is 18.5 Å². The second kappa shape index (κ2) is 5.57. The molecule has 2 N–H and O–H groups in total. The van der Waals surface area contributed by atoms with Gasteiger partial charge in [-0.25, -0.2) is 4.98 Å². The molecule has 1 amide bonds. The molecule has 98 valence electrons. The number of halogens is 1. The molecular formula is C13H18ClN3O. The average molecular weight is 268 g/mol. The maximum absolute atomic E-state index is 12.1. The summed E-state index contributed by atoms with van der Waals surface area (Å²) in [7, 11) is 1.75. The minimum absolute atomic E-state index is 0.0742. The Hall–Kier alpha value is -1.29. The van der Waals surface area contributed by atoms with Crippen LogP contribution in [-0.2, 0) is 0 Å². The number of rotatable bonds is 3. The predicted molar refractivity (Wildman–Crippen MR) is 73.1 cm³/mol. The summed E-state index contributed by atoms with van der Waals surface area (Å²) in [6.07, 6.45) is 3.30. The van der Waals surface area contributed by atoms with Crippen molar-refractivity contribution >= 4 is 23.3 Å². The molecule has 1 aromatic rings. The summed E-state index contributed by atoms with van der Waals surface area (Å²) in [4.78, 5) is 16.2. The first-order valence-electron chi connectivity index (χ1n) is 6.24. The number of nitrogens with zero attached hydrogens (tertiary/aromatic N) is 1. The Labute approximate surface area is 112 Å². The van der Waals surface area contributed by atoms with Crippen LogP contribution in [0.15, 0.2) is 12.1 Å². The molecule has 1 fully saturated rings. The lowest BCUT2D eigenvalue weighted by Gasteiger charge is -2.13. The summed E-state index contributed by atoms with van der Waals surface area (Å²) in [5, 5.41) is 6.26. The summed E-state index contributed by atoms with van der Waals surface area (Å²) in [5.74, 6) is 1.23. The number of hydrogen-bond donors (Lipinski definition) is 2. The van der Waals surface area contributed by atoms with Crippen LogP contribution in [0.5, 0.6) is 0 Å². The van der Waals surface area contributed by atoms with E-state index in [2.05, 4.69) is 22.5 Å². The largest absolute Gasteiger partial charge is 0.373 e. The van der Waals surface area contributed by atoms with Crippen LogP contribution in [0.4, 0.5) is 5.82 Å². The van der Waals surface area contributed by atoms with E-state index >= 15 is 0 Å². The van der Waals surface area contributed by atoms with Crippen molar-refractivity contribution in [2.24, 2.45) is 5.92 Å². The molecule has 5 heteroatoms. The number of nitrogens with one attached hydrogen (secondary N) is 2. The van der Waals surface area contributed by atoms with Crippen LogP contribution in [0.1, 0.15) is 36.5 Å². The van der Waals surface area contributed by atoms with Crippen molar-refractivity contribution in [1.29, 1.82) is 0 Å². The van der Waals surface area contributed by atoms with Crippen LogP contribution in [0.3, 0.4) is 0 Å². The Kier molecular flexibility index (Phi) is 4.07. The van der Waals surface area contributed by atoms with Gasteiger partial charge in [0.25, 0.3) is 5.91 Å². The van der Waals surface area contributed by atoms with E-state index in [0.29, 0.717) is 22.5 Å². The monoisotopic (exact) mass is 267 g/mol. The molecule has 1 saturated carbocycles. The van der Waals surface area contributed by atoms with Gasteiger partial charge in [0.15, 0.2) is 0 Å². The molecule has 0 spiro atoms. The number of hydrogen-bond acceptors (Lipinski definition) is 3. The molecule has 1 aromatic heterocycles. The van der Waals surface area contributed by atoms with Gasteiger partial charge < -0.3 is 10.6 Å². The normalized spacial score (nSPS) is 22.8. The van der Waals surface area contributed by atoms with E-state index in [1.54, 1.807) is 19.2 Å². The van der Waals surface area contributed by atoms with Crippen LogP contribution in [0, 0.1) is 5.92 Å². The van der Waals surface area contributed by atoms with Crippen LogP contribution in [0.25, 0.3) is 0 Å². The zero-order chi connectivity index (χ0) is 13.1. The van der Waals surface area contributed by atoms with E-state index in [4.69, 9.17) is 11.6 Å². The molecule has 2 rings (SSSR count). The molecule has 2 atom stereocenters. The number of anilines is 1. The first-order chi connectivity index (χ1) is 8.58. The van der Waals surface area contributed by atoms with Gasteiger partial charge in [-0.3, -0.25) is 4.79 Å². The number of carbonyl (C=O) groups is 1. The highest BCUT2D eigenvalue weighted by atomic mass is 35.5. The predicted octanol–water partition coefficient (Wildman–Crippen LogP) is 2.70. The molecule has 18 heavy (non-hydrogen) atoms. The first kappa shape index (κ1) is 13.1. The lowest BCUT2D eigenvalue weighted by atomic mass is 10.1. The number of amides is 1. The average Bonchev–Trinajstić information content (AvgIpc) is 2.73. The van der Waals surface area contributed by atoms with Crippen molar-refractivity contribution in [2.75, 3.05) is 12.4 Å². The van der Waals surface area contributed by atoms with Gasteiger partial charge in [-0.15, -0.1) is 0 Å². The summed E-state index contributed by atoms with van der Waals surface area (Å²) in [6, 6.07) is 3.59. The smallest absolute Gasteiger partial charge is 0.251 e. The molecule has 0 radical (unpaired) electrons. The number of carbonyl (C=O) groups excluding carboxylic acids is 1. The molecule has 0 bridgehead atoms.